The summed E-state index contributed by atoms with van der Waals surface area (Å²) in [4.78, 5) is 0. The summed E-state index contributed by atoms with van der Waals surface area (Å²) in [6, 6.07) is 6.73. The van der Waals surface area contributed by atoms with E-state index in [2.05, 4.69) is 32.0 Å². The molecule has 0 radical (unpaired) electrons. The highest BCUT2D eigenvalue weighted by Crippen LogP contribution is 2.57. The van der Waals surface area contributed by atoms with Gasteiger partial charge in [-0.25, -0.2) is 0 Å². The highest BCUT2D eigenvalue weighted by molar-refractivity contribution is 5.29. The van der Waals surface area contributed by atoms with Gasteiger partial charge in [-0.15, -0.1) is 0 Å². The molecule has 4 aliphatic carbocycles. The number of aliphatic hydroxyl groups is 1. The SMILES string of the molecule is Cc1cc(C)cc(CC(O)C2C3CC4CC(C3)CC2C4)c1. The van der Waals surface area contributed by atoms with E-state index in [1.165, 1.54) is 48.8 Å². The molecule has 1 atom stereocenters. The molecule has 1 nitrogen and oxygen atoms in total. The smallest absolute Gasteiger partial charge is 0.0614 e. The first-order valence-corrected chi connectivity index (χ1v) is 8.83. The van der Waals surface area contributed by atoms with Crippen LogP contribution < -0.4 is 0 Å². The first-order chi connectivity index (χ1) is 10.1. The Bertz CT molecular complexity index is 484. The molecule has 1 heteroatoms. The molecular weight excluding hydrogens is 256 g/mol. The summed E-state index contributed by atoms with van der Waals surface area (Å²) in [5.74, 6) is 4.22. The second kappa shape index (κ2) is 5.12. The van der Waals surface area contributed by atoms with E-state index in [9.17, 15) is 5.11 Å². The minimum Gasteiger partial charge on any atom is -0.392 e. The standard InChI is InChI=1S/C20H28O/c1-12-3-13(2)5-14(4-12)11-19(21)20-17-7-15-6-16(9-17)10-18(20)8-15/h3-5,15-21H,6-11H2,1-2H3. The van der Waals surface area contributed by atoms with Crippen molar-refractivity contribution in [3.8, 4) is 0 Å². The third-order valence-electron chi connectivity index (χ3n) is 6.47. The minimum atomic E-state index is -0.124. The molecule has 4 bridgehead atoms. The lowest BCUT2D eigenvalue weighted by molar-refractivity contribution is -0.0887. The van der Waals surface area contributed by atoms with Crippen molar-refractivity contribution in [3.05, 3.63) is 34.9 Å². The summed E-state index contributed by atoms with van der Waals surface area (Å²) in [6.45, 7) is 4.32. The van der Waals surface area contributed by atoms with Crippen molar-refractivity contribution in [1.29, 1.82) is 0 Å². The van der Waals surface area contributed by atoms with E-state index in [-0.39, 0.29) is 6.10 Å². The van der Waals surface area contributed by atoms with Crippen molar-refractivity contribution in [3.63, 3.8) is 0 Å². The monoisotopic (exact) mass is 284 g/mol. The van der Waals surface area contributed by atoms with Gasteiger partial charge in [0.05, 0.1) is 6.10 Å². The number of aliphatic hydroxyl groups excluding tert-OH is 1. The number of benzene rings is 1. The zero-order valence-electron chi connectivity index (χ0n) is 13.4. The maximum Gasteiger partial charge on any atom is 0.0614 e. The van der Waals surface area contributed by atoms with E-state index in [0.717, 1.165) is 30.1 Å². The van der Waals surface area contributed by atoms with Crippen LogP contribution in [0.2, 0.25) is 0 Å². The van der Waals surface area contributed by atoms with Crippen LogP contribution >= 0.6 is 0 Å². The second-order valence-corrected chi connectivity index (χ2v) is 8.28. The molecular formula is C20H28O. The molecule has 1 N–H and O–H groups in total. The Balaban J connectivity index is 1.51. The lowest BCUT2D eigenvalue weighted by Crippen LogP contribution is -2.49. The van der Waals surface area contributed by atoms with Crippen LogP contribution in [0.5, 0.6) is 0 Å². The Morgan fingerprint density at radius 3 is 1.95 bits per heavy atom. The van der Waals surface area contributed by atoms with E-state index in [1.807, 2.05) is 0 Å². The molecule has 0 spiro atoms. The van der Waals surface area contributed by atoms with Gasteiger partial charge in [-0.3, -0.25) is 0 Å². The lowest BCUT2D eigenvalue weighted by Gasteiger charge is -2.55. The Hall–Kier alpha value is -0.820. The zero-order valence-corrected chi connectivity index (χ0v) is 13.4. The van der Waals surface area contributed by atoms with Crippen LogP contribution in [0, 0.1) is 43.4 Å². The molecule has 4 aliphatic rings. The highest BCUT2D eigenvalue weighted by Gasteiger charge is 2.50. The lowest BCUT2D eigenvalue weighted by atomic mass is 9.50. The molecule has 1 unspecified atom stereocenters. The fraction of sp³-hybridized carbons (Fsp3) is 0.700. The number of rotatable bonds is 3. The average molecular weight is 284 g/mol. The Morgan fingerprint density at radius 1 is 0.905 bits per heavy atom. The summed E-state index contributed by atoms with van der Waals surface area (Å²) < 4.78 is 0. The molecule has 5 rings (SSSR count). The number of aryl methyl sites for hydroxylation is 2. The predicted molar refractivity (Wildman–Crippen MR) is 86.2 cm³/mol. The van der Waals surface area contributed by atoms with Gasteiger partial charge in [-0.1, -0.05) is 29.3 Å². The third-order valence-corrected chi connectivity index (χ3v) is 6.47. The van der Waals surface area contributed by atoms with Gasteiger partial charge in [0.1, 0.15) is 0 Å². The van der Waals surface area contributed by atoms with E-state index in [4.69, 9.17) is 0 Å². The van der Waals surface area contributed by atoms with E-state index < -0.39 is 0 Å². The Kier molecular flexibility index (Phi) is 3.37. The van der Waals surface area contributed by atoms with Crippen molar-refractivity contribution in [2.45, 2.75) is 58.5 Å². The van der Waals surface area contributed by atoms with Crippen LogP contribution in [-0.2, 0) is 6.42 Å². The van der Waals surface area contributed by atoms with Crippen LogP contribution in [0.1, 0.15) is 48.8 Å². The number of hydrogen-bond donors (Lipinski definition) is 1. The Labute approximate surface area is 128 Å². The summed E-state index contributed by atoms with van der Waals surface area (Å²) in [5.41, 5.74) is 3.97. The second-order valence-electron chi connectivity index (χ2n) is 8.28. The topological polar surface area (TPSA) is 20.2 Å². The molecule has 4 fully saturated rings. The molecule has 1 aromatic rings. The van der Waals surface area contributed by atoms with E-state index in [1.54, 1.807) is 0 Å². The van der Waals surface area contributed by atoms with Crippen molar-refractivity contribution < 1.29 is 5.11 Å². The molecule has 114 valence electrons. The van der Waals surface area contributed by atoms with Crippen LogP contribution in [0.25, 0.3) is 0 Å². The molecule has 0 saturated heterocycles. The zero-order chi connectivity index (χ0) is 14.6. The summed E-state index contributed by atoms with van der Waals surface area (Å²) in [7, 11) is 0. The summed E-state index contributed by atoms with van der Waals surface area (Å²) in [6.07, 6.45) is 7.84. The van der Waals surface area contributed by atoms with Crippen LogP contribution in [-0.4, -0.2) is 11.2 Å². The molecule has 0 amide bonds. The maximum atomic E-state index is 10.9. The van der Waals surface area contributed by atoms with E-state index >= 15 is 0 Å². The molecule has 4 saturated carbocycles. The van der Waals surface area contributed by atoms with Gasteiger partial charge in [-0.05, 0) is 87.5 Å². The van der Waals surface area contributed by atoms with Gasteiger partial charge >= 0.3 is 0 Å². The number of hydrogen-bond acceptors (Lipinski definition) is 1. The highest BCUT2D eigenvalue weighted by atomic mass is 16.3. The fourth-order valence-corrected chi connectivity index (χ4v) is 6.16. The Morgan fingerprint density at radius 2 is 1.43 bits per heavy atom. The average Bonchev–Trinajstić information content (AvgIpc) is 2.35. The van der Waals surface area contributed by atoms with Gasteiger partial charge in [0.2, 0.25) is 0 Å². The molecule has 0 aliphatic heterocycles. The van der Waals surface area contributed by atoms with Gasteiger partial charge in [-0.2, -0.15) is 0 Å². The first-order valence-electron chi connectivity index (χ1n) is 8.83. The maximum absolute atomic E-state index is 10.9. The normalized spacial score (nSPS) is 38.7. The van der Waals surface area contributed by atoms with Crippen molar-refractivity contribution in [1.82, 2.24) is 0 Å². The summed E-state index contributed by atoms with van der Waals surface area (Å²) >= 11 is 0. The molecule has 0 aromatic heterocycles. The van der Waals surface area contributed by atoms with Gasteiger partial charge < -0.3 is 5.11 Å². The minimum absolute atomic E-state index is 0.124. The van der Waals surface area contributed by atoms with Gasteiger partial charge in [0, 0.05) is 0 Å². The summed E-state index contributed by atoms with van der Waals surface area (Å²) in [5, 5.41) is 10.9. The predicted octanol–water partition coefficient (Wildman–Crippen LogP) is 4.28. The van der Waals surface area contributed by atoms with Gasteiger partial charge in [0.25, 0.3) is 0 Å². The molecule has 21 heavy (non-hydrogen) atoms. The van der Waals surface area contributed by atoms with E-state index in [0.29, 0.717) is 5.92 Å². The van der Waals surface area contributed by atoms with Crippen LogP contribution in [0.4, 0.5) is 0 Å². The van der Waals surface area contributed by atoms with Crippen LogP contribution in [0.3, 0.4) is 0 Å². The molecule has 0 heterocycles. The first kappa shape index (κ1) is 13.8. The fourth-order valence-electron chi connectivity index (χ4n) is 6.16. The van der Waals surface area contributed by atoms with Crippen molar-refractivity contribution >= 4 is 0 Å². The quantitative estimate of drug-likeness (QED) is 0.878. The van der Waals surface area contributed by atoms with Crippen molar-refractivity contribution in [2.75, 3.05) is 0 Å². The van der Waals surface area contributed by atoms with Crippen molar-refractivity contribution in [2.24, 2.45) is 29.6 Å². The largest absolute Gasteiger partial charge is 0.392 e. The molecule has 1 aromatic carbocycles. The van der Waals surface area contributed by atoms with Gasteiger partial charge in [0.15, 0.2) is 0 Å². The van der Waals surface area contributed by atoms with Crippen LogP contribution in [0.15, 0.2) is 18.2 Å². The third kappa shape index (κ3) is 2.54.